The maximum Gasteiger partial charge on any atom is 0.326 e. The van der Waals surface area contributed by atoms with Crippen molar-refractivity contribution in [3.05, 3.63) is 0 Å². The van der Waals surface area contributed by atoms with Gasteiger partial charge in [0.05, 0.1) is 6.42 Å². The summed E-state index contributed by atoms with van der Waals surface area (Å²) in [7, 11) is 0. The smallest absolute Gasteiger partial charge is 0.326 e. The summed E-state index contributed by atoms with van der Waals surface area (Å²) in [5, 5.41) is 19.7. The van der Waals surface area contributed by atoms with Crippen molar-refractivity contribution in [2.45, 2.75) is 25.8 Å². The fraction of sp³-hybridized carbons (Fsp3) is 0.727. The van der Waals surface area contributed by atoms with Gasteiger partial charge in [0.25, 0.3) is 0 Å². The molecule has 7 nitrogen and oxygen atoms in total. The molecule has 1 aliphatic rings. The Morgan fingerprint density at radius 3 is 2.56 bits per heavy atom. The zero-order valence-electron chi connectivity index (χ0n) is 10.1. The van der Waals surface area contributed by atoms with E-state index in [4.69, 9.17) is 14.9 Å². The van der Waals surface area contributed by atoms with Crippen LogP contribution in [0.3, 0.4) is 0 Å². The lowest BCUT2D eigenvalue weighted by atomic mass is 9.89. The molecule has 1 fully saturated rings. The van der Waals surface area contributed by atoms with E-state index in [0.29, 0.717) is 19.6 Å². The van der Waals surface area contributed by atoms with E-state index in [9.17, 15) is 14.4 Å². The molecule has 0 aromatic rings. The quantitative estimate of drug-likeness (QED) is 0.625. The lowest BCUT2D eigenvalue weighted by Crippen LogP contribution is -2.47. The first kappa shape index (κ1) is 14.4. The number of amides is 1. The lowest BCUT2D eigenvalue weighted by molar-refractivity contribution is -0.148. The predicted molar refractivity (Wildman–Crippen MR) is 59.9 cm³/mol. The van der Waals surface area contributed by atoms with Gasteiger partial charge >= 0.3 is 11.9 Å². The summed E-state index contributed by atoms with van der Waals surface area (Å²) in [4.78, 5) is 33.2. The summed E-state index contributed by atoms with van der Waals surface area (Å²) >= 11 is 0. The van der Waals surface area contributed by atoms with Crippen LogP contribution >= 0.6 is 0 Å². The van der Waals surface area contributed by atoms with E-state index in [-0.39, 0.29) is 11.8 Å². The van der Waals surface area contributed by atoms with Crippen molar-refractivity contribution >= 4 is 17.8 Å². The fourth-order valence-corrected chi connectivity index (χ4v) is 1.92. The van der Waals surface area contributed by atoms with E-state index in [1.807, 2.05) is 6.92 Å². The second kappa shape index (κ2) is 6.34. The number of carbonyl (C=O) groups excluding carboxylic acids is 1. The van der Waals surface area contributed by atoms with E-state index in [1.165, 1.54) is 0 Å². The Kier molecular flexibility index (Phi) is 5.08. The largest absolute Gasteiger partial charge is 0.481 e. The monoisotopic (exact) mass is 259 g/mol. The van der Waals surface area contributed by atoms with Crippen LogP contribution in [-0.2, 0) is 19.1 Å². The van der Waals surface area contributed by atoms with Crippen LogP contribution in [-0.4, -0.2) is 47.3 Å². The van der Waals surface area contributed by atoms with Crippen LogP contribution in [0.15, 0.2) is 0 Å². The number of hydrogen-bond acceptors (Lipinski definition) is 4. The molecule has 0 saturated carbocycles. The zero-order valence-corrected chi connectivity index (χ0v) is 10.1. The molecule has 1 aliphatic heterocycles. The average Bonchev–Trinajstić information content (AvgIpc) is 2.27. The predicted octanol–water partition coefficient (Wildman–Crippen LogP) is -0.297. The molecule has 2 unspecified atom stereocenters. The number of aliphatic carboxylic acids is 2. The van der Waals surface area contributed by atoms with Gasteiger partial charge in [0, 0.05) is 19.1 Å². The molecule has 0 bridgehead atoms. The molecule has 0 aromatic heterocycles. The van der Waals surface area contributed by atoms with Gasteiger partial charge in [0.1, 0.15) is 6.04 Å². The summed E-state index contributed by atoms with van der Waals surface area (Å²) in [5.74, 6) is -3.35. The van der Waals surface area contributed by atoms with Crippen molar-refractivity contribution in [1.82, 2.24) is 5.32 Å². The third-order valence-electron chi connectivity index (χ3n) is 2.97. The van der Waals surface area contributed by atoms with Gasteiger partial charge in [0.15, 0.2) is 0 Å². The Morgan fingerprint density at radius 2 is 2.06 bits per heavy atom. The number of hydrogen-bond donors (Lipinski definition) is 3. The van der Waals surface area contributed by atoms with Crippen LogP contribution < -0.4 is 5.32 Å². The molecule has 0 aromatic carbocycles. The summed E-state index contributed by atoms with van der Waals surface area (Å²) in [6.45, 7) is 2.75. The van der Waals surface area contributed by atoms with Crippen LogP contribution in [0, 0.1) is 11.8 Å². The van der Waals surface area contributed by atoms with Crippen molar-refractivity contribution in [1.29, 1.82) is 0 Å². The Balaban J connectivity index is 2.59. The SMILES string of the molecule is CC1COCCC1C(=O)N[C@@H](CC(=O)O)C(=O)O. The van der Waals surface area contributed by atoms with Gasteiger partial charge in [-0.2, -0.15) is 0 Å². The van der Waals surface area contributed by atoms with Crippen molar-refractivity contribution in [2.75, 3.05) is 13.2 Å². The highest BCUT2D eigenvalue weighted by Crippen LogP contribution is 2.21. The van der Waals surface area contributed by atoms with Crippen LogP contribution in [0.2, 0.25) is 0 Å². The van der Waals surface area contributed by atoms with Crippen molar-refractivity contribution in [3.8, 4) is 0 Å². The van der Waals surface area contributed by atoms with Gasteiger partial charge in [-0.3, -0.25) is 9.59 Å². The van der Waals surface area contributed by atoms with E-state index >= 15 is 0 Å². The Bertz CT molecular complexity index is 342. The Hall–Kier alpha value is -1.63. The van der Waals surface area contributed by atoms with E-state index in [1.54, 1.807) is 0 Å². The number of nitrogens with one attached hydrogen (secondary N) is 1. The molecule has 1 saturated heterocycles. The molecule has 0 spiro atoms. The summed E-state index contributed by atoms with van der Waals surface area (Å²) in [6.07, 6.45) is -0.106. The number of carboxylic acid groups (broad SMARTS) is 2. The first-order chi connectivity index (χ1) is 8.41. The molecule has 1 heterocycles. The van der Waals surface area contributed by atoms with Gasteiger partial charge in [-0.1, -0.05) is 6.92 Å². The summed E-state index contributed by atoms with van der Waals surface area (Å²) in [5.41, 5.74) is 0. The number of ether oxygens (including phenoxy) is 1. The standard InChI is InChI=1S/C11H17NO6/c1-6-5-18-3-2-7(6)10(15)12-8(11(16)17)4-9(13)14/h6-8H,2-5H2,1H3,(H,12,15)(H,13,14)(H,16,17)/t6?,7?,8-/m0/s1. The molecule has 0 radical (unpaired) electrons. The minimum atomic E-state index is -1.38. The number of rotatable bonds is 5. The van der Waals surface area contributed by atoms with E-state index < -0.39 is 30.3 Å². The highest BCUT2D eigenvalue weighted by molar-refractivity contribution is 5.87. The second-order valence-electron chi connectivity index (χ2n) is 4.44. The fourth-order valence-electron chi connectivity index (χ4n) is 1.92. The van der Waals surface area contributed by atoms with E-state index in [0.717, 1.165) is 0 Å². The van der Waals surface area contributed by atoms with Gasteiger partial charge < -0.3 is 20.3 Å². The minimum Gasteiger partial charge on any atom is -0.481 e. The first-order valence-corrected chi connectivity index (χ1v) is 5.74. The summed E-state index contributed by atoms with van der Waals surface area (Å²) < 4.78 is 5.19. The third kappa shape index (κ3) is 3.99. The molecular formula is C11H17NO6. The molecular weight excluding hydrogens is 242 g/mol. The topological polar surface area (TPSA) is 113 Å². The third-order valence-corrected chi connectivity index (χ3v) is 2.97. The second-order valence-corrected chi connectivity index (χ2v) is 4.44. The van der Waals surface area contributed by atoms with Crippen molar-refractivity contribution in [3.63, 3.8) is 0 Å². The Labute approximate surface area is 104 Å². The maximum atomic E-state index is 11.9. The van der Waals surface area contributed by atoms with Crippen molar-refractivity contribution < 1.29 is 29.3 Å². The molecule has 18 heavy (non-hydrogen) atoms. The molecule has 7 heteroatoms. The molecule has 102 valence electrons. The molecule has 1 rings (SSSR count). The van der Waals surface area contributed by atoms with Gasteiger partial charge in [-0.15, -0.1) is 0 Å². The molecule has 1 amide bonds. The van der Waals surface area contributed by atoms with Crippen LogP contribution in [0.1, 0.15) is 19.8 Å². The molecule has 3 N–H and O–H groups in total. The zero-order chi connectivity index (χ0) is 13.7. The maximum absolute atomic E-state index is 11.9. The highest BCUT2D eigenvalue weighted by atomic mass is 16.5. The van der Waals surface area contributed by atoms with E-state index in [2.05, 4.69) is 5.32 Å². The van der Waals surface area contributed by atoms with Gasteiger partial charge in [-0.25, -0.2) is 4.79 Å². The normalized spacial score (nSPS) is 25.2. The van der Waals surface area contributed by atoms with Gasteiger partial charge in [0.2, 0.25) is 5.91 Å². The number of carbonyl (C=O) groups is 3. The lowest BCUT2D eigenvalue weighted by Gasteiger charge is -2.28. The Morgan fingerprint density at radius 1 is 1.39 bits per heavy atom. The summed E-state index contributed by atoms with van der Waals surface area (Å²) in [6, 6.07) is -1.38. The first-order valence-electron chi connectivity index (χ1n) is 5.74. The van der Waals surface area contributed by atoms with Crippen LogP contribution in [0.4, 0.5) is 0 Å². The highest BCUT2D eigenvalue weighted by Gasteiger charge is 2.31. The number of carboxylic acids is 2. The van der Waals surface area contributed by atoms with Gasteiger partial charge in [-0.05, 0) is 12.3 Å². The molecule has 0 aliphatic carbocycles. The average molecular weight is 259 g/mol. The minimum absolute atomic E-state index is 0.00183. The molecule has 3 atom stereocenters. The van der Waals surface area contributed by atoms with Crippen LogP contribution in [0.25, 0.3) is 0 Å². The van der Waals surface area contributed by atoms with Crippen LogP contribution in [0.5, 0.6) is 0 Å². The van der Waals surface area contributed by atoms with Crippen molar-refractivity contribution in [2.24, 2.45) is 11.8 Å².